The summed E-state index contributed by atoms with van der Waals surface area (Å²) in [5, 5.41) is 0. The molecule has 0 heterocycles. The van der Waals surface area contributed by atoms with Crippen LogP contribution in [0.5, 0.6) is 0 Å². The minimum absolute atomic E-state index is 0.103. The van der Waals surface area contributed by atoms with Crippen molar-refractivity contribution in [1.29, 1.82) is 0 Å². The molecule has 198 valence electrons. The number of fused-ring (bicyclic) bond motifs is 2. The molecule has 3 heteroatoms. The molecular formula is C36H36Cl2Zr. The Morgan fingerprint density at radius 2 is 0.949 bits per heavy atom. The molecule has 0 saturated carbocycles. The summed E-state index contributed by atoms with van der Waals surface area (Å²) in [5.74, 6) is 0. The van der Waals surface area contributed by atoms with Gasteiger partial charge >= 0.3 is 236 Å². The van der Waals surface area contributed by atoms with E-state index in [9.17, 15) is 0 Å². The molecule has 2 atom stereocenters. The van der Waals surface area contributed by atoms with E-state index in [1.54, 1.807) is 0 Å². The predicted octanol–water partition coefficient (Wildman–Crippen LogP) is 11.6. The topological polar surface area (TPSA) is 0 Å². The average molecular weight is 631 g/mol. The van der Waals surface area contributed by atoms with Crippen molar-refractivity contribution in [3.63, 3.8) is 0 Å². The van der Waals surface area contributed by atoms with Gasteiger partial charge in [0.25, 0.3) is 0 Å². The van der Waals surface area contributed by atoms with E-state index in [4.69, 9.17) is 17.0 Å². The number of benzene rings is 4. The quantitative estimate of drug-likeness (QED) is 0.210. The first-order valence-electron chi connectivity index (χ1n) is 13.9. The maximum absolute atomic E-state index is 8.56. The van der Waals surface area contributed by atoms with Gasteiger partial charge in [-0.15, -0.1) is 0 Å². The fourth-order valence-electron chi connectivity index (χ4n) is 8.34. The van der Waals surface area contributed by atoms with E-state index in [0.717, 1.165) is 0 Å². The van der Waals surface area contributed by atoms with Gasteiger partial charge in [-0.25, -0.2) is 0 Å². The van der Waals surface area contributed by atoms with Crippen LogP contribution in [0.2, 0.25) is 9.26 Å². The van der Waals surface area contributed by atoms with E-state index in [0.29, 0.717) is 0 Å². The molecule has 4 aromatic carbocycles. The van der Waals surface area contributed by atoms with Gasteiger partial charge in [-0.05, 0) is 0 Å². The predicted molar refractivity (Wildman–Crippen MR) is 172 cm³/mol. The molecule has 0 saturated heterocycles. The summed E-state index contributed by atoms with van der Waals surface area (Å²) in [6.07, 6.45) is 4.68. The third-order valence-corrected chi connectivity index (χ3v) is 38.3. The zero-order valence-electron chi connectivity index (χ0n) is 23.4. The van der Waals surface area contributed by atoms with Gasteiger partial charge in [0.1, 0.15) is 0 Å². The minimum atomic E-state index is -5.98. The number of rotatable bonds is 4. The van der Waals surface area contributed by atoms with Crippen molar-refractivity contribution in [2.45, 2.75) is 37.3 Å². The van der Waals surface area contributed by atoms with Gasteiger partial charge in [-0.2, -0.15) is 0 Å². The second kappa shape index (κ2) is 7.91. The van der Waals surface area contributed by atoms with Crippen LogP contribution in [0, 0.1) is 0 Å². The van der Waals surface area contributed by atoms with Crippen molar-refractivity contribution in [3.8, 4) is 22.3 Å². The number of hydrogen-bond donors (Lipinski definition) is 0. The zero-order chi connectivity index (χ0) is 27.7. The van der Waals surface area contributed by atoms with Crippen LogP contribution in [-0.4, -0.2) is 3.71 Å². The first-order chi connectivity index (χ1) is 18.3. The average Bonchev–Trinajstić information content (AvgIpc) is 3.47. The Balaban J connectivity index is 1.64. The second-order valence-electron chi connectivity index (χ2n) is 13.5. The Morgan fingerprint density at radius 1 is 0.564 bits per heavy atom. The van der Waals surface area contributed by atoms with Crippen LogP contribution in [0.15, 0.2) is 108 Å². The van der Waals surface area contributed by atoms with Crippen LogP contribution in [0.4, 0.5) is 0 Å². The van der Waals surface area contributed by atoms with Crippen LogP contribution >= 0.6 is 17.0 Å². The molecule has 0 amide bonds. The Labute approximate surface area is 234 Å². The van der Waals surface area contributed by atoms with Crippen molar-refractivity contribution in [3.05, 3.63) is 130 Å². The van der Waals surface area contributed by atoms with Gasteiger partial charge < -0.3 is 0 Å². The Hall–Kier alpha value is -2.31. The van der Waals surface area contributed by atoms with Crippen molar-refractivity contribution >= 4 is 32.9 Å². The molecule has 2 unspecified atom stereocenters. The number of hydrogen-bond acceptors (Lipinski definition) is 0. The van der Waals surface area contributed by atoms with Crippen molar-refractivity contribution in [1.82, 2.24) is 0 Å². The normalized spacial score (nSPS) is 20.9. The van der Waals surface area contributed by atoms with Gasteiger partial charge in [-0.1, -0.05) is 0 Å². The summed E-state index contributed by atoms with van der Waals surface area (Å²) >= 11 is -5.98. The third kappa shape index (κ3) is 3.77. The van der Waals surface area contributed by atoms with E-state index in [1.165, 1.54) is 55.7 Å². The summed E-state index contributed by atoms with van der Waals surface area (Å²) in [6, 6.07) is 34.5. The number of allylic oxidation sites excluding steroid dienone is 2. The summed E-state index contributed by atoms with van der Waals surface area (Å²) < 4.78 is 6.58. The van der Waals surface area contributed by atoms with Gasteiger partial charge in [0.2, 0.25) is 0 Å². The van der Waals surface area contributed by atoms with Crippen molar-refractivity contribution in [2.75, 3.05) is 0 Å². The zero-order valence-corrected chi connectivity index (χ0v) is 27.4. The van der Waals surface area contributed by atoms with Crippen LogP contribution in [0.1, 0.15) is 50.3 Å². The van der Waals surface area contributed by atoms with E-state index < -0.39 is 12.9 Å². The van der Waals surface area contributed by atoms with E-state index >= 15 is 0 Å². The van der Waals surface area contributed by atoms with E-state index in [-0.39, 0.29) is 7.25 Å². The molecule has 0 spiro atoms. The molecule has 0 aliphatic heterocycles. The molecule has 6 rings (SSSR count). The molecular weight excluding hydrogens is 595 g/mol. The fourth-order valence-corrected chi connectivity index (χ4v) is 34.0. The summed E-state index contributed by atoms with van der Waals surface area (Å²) in [4.78, 5) is 0. The van der Waals surface area contributed by atoms with Crippen molar-refractivity contribution in [2.24, 2.45) is 0 Å². The standard InChI is InChI=1S/2C16H13.C2H4.2CH3.2ClH.Zr/c2*1-12-10-14-8-5-9-15(16(14)11-12)13-6-3-2-4-7-13;1-2;;;;;/h2*2-11H,1H3;1H,2H3;2*1H3;2*1H;/q;;;;;;;+2/p-2. The molecule has 0 bridgehead atoms. The summed E-state index contributed by atoms with van der Waals surface area (Å²) in [7, 11) is 17.1. The van der Waals surface area contributed by atoms with Crippen LogP contribution < -0.4 is 0 Å². The fraction of sp³-hybridized carbons (Fsp3) is 0.194. The third-order valence-electron chi connectivity index (χ3n) is 10.1. The Morgan fingerprint density at radius 3 is 1.31 bits per heavy atom. The van der Waals surface area contributed by atoms with E-state index in [2.05, 4.69) is 143 Å². The molecule has 4 aromatic rings. The second-order valence-corrected chi connectivity index (χ2v) is 58.5. The van der Waals surface area contributed by atoms with E-state index in [1.807, 2.05) is 0 Å². The van der Waals surface area contributed by atoms with Gasteiger partial charge in [0, 0.05) is 0 Å². The summed E-state index contributed by atoms with van der Waals surface area (Å²) in [5.41, 5.74) is 12.3. The SMILES string of the molecule is C[CH]=[Zr]([CH3])([CH3])([Cl])([Cl])([CH]1C(C)=Cc2c(-c3ccccc3)cccc21)[CH]1C(C)=Cc2c(-c3ccccc3)cccc21. The molecule has 0 radical (unpaired) electrons. The monoisotopic (exact) mass is 628 g/mol. The van der Waals surface area contributed by atoms with Crippen LogP contribution in [0.3, 0.4) is 0 Å². The molecule has 2 aliphatic rings. The first-order valence-corrected chi connectivity index (χ1v) is 29.4. The molecule has 0 N–H and O–H groups in total. The molecule has 0 nitrogen and oxygen atoms in total. The number of halogens is 2. The van der Waals surface area contributed by atoms with Gasteiger partial charge in [0.15, 0.2) is 0 Å². The van der Waals surface area contributed by atoms with Crippen LogP contribution in [-0.2, 0) is 12.9 Å². The molecule has 0 fully saturated rings. The molecule has 39 heavy (non-hydrogen) atoms. The maximum atomic E-state index is 8.56. The van der Waals surface area contributed by atoms with Gasteiger partial charge in [-0.3, -0.25) is 0 Å². The van der Waals surface area contributed by atoms with Crippen molar-refractivity contribution < 1.29 is 12.9 Å². The Kier molecular flexibility index (Phi) is 5.45. The molecule has 2 aliphatic carbocycles. The molecule has 0 aromatic heterocycles. The van der Waals surface area contributed by atoms with Crippen LogP contribution in [0.25, 0.3) is 34.4 Å². The Bertz CT molecular complexity index is 1710. The van der Waals surface area contributed by atoms with Gasteiger partial charge in [0.05, 0.1) is 0 Å². The first kappa shape index (κ1) is 26.9. The summed E-state index contributed by atoms with van der Waals surface area (Å²) in [6.45, 7) is 6.56.